The van der Waals surface area contributed by atoms with Crippen molar-refractivity contribution in [1.29, 1.82) is 0 Å². The summed E-state index contributed by atoms with van der Waals surface area (Å²) in [5.74, 6) is 0.590. The third-order valence-electron chi connectivity index (χ3n) is 7.05. The van der Waals surface area contributed by atoms with E-state index in [4.69, 9.17) is 4.74 Å². The third-order valence-corrected chi connectivity index (χ3v) is 7.05. The molecule has 3 aromatic rings. The van der Waals surface area contributed by atoms with Gasteiger partial charge in [0.15, 0.2) is 0 Å². The van der Waals surface area contributed by atoms with E-state index in [1.54, 1.807) is 16.8 Å². The molecule has 2 aliphatic rings. The summed E-state index contributed by atoms with van der Waals surface area (Å²) in [7, 11) is 0. The Labute approximate surface area is 189 Å². The highest BCUT2D eigenvalue weighted by atomic mass is 16.5. The van der Waals surface area contributed by atoms with Crippen molar-refractivity contribution in [2.45, 2.75) is 26.4 Å². The Morgan fingerprint density at radius 2 is 1.59 bits per heavy atom. The van der Waals surface area contributed by atoms with Crippen LogP contribution in [0.5, 0.6) is 5.75 Å². The minimum atomic E-state index is -0.0890. The van der Waals surface area contributed by atoms with Crippen molar-refractivity contribution in [2.75, 3.05) is 37.6 Å². The molecule has 2 aliphatic heterocycles. The lowest BCUT2D eigenvalue weighted by Gasteiger charge is -2.55. The molecule has 0 unspecified atom stereocenters. The van der Waals surface area contributed by atoms with Gasteiger partial charge in [0.1, 0.15) is 12.4 Å². The van der Waals surface area contributed by atoms with Gasteiger partial charge in [-0.2, -0.15) is 0 Å². The van der Waals surface area contributed by atoms with E-state index in [0.29, 0.717) is 17.8 Å². The normalized spacial score (nSPS) is 17.8. The second kappa shape index (κ2) is 8.83. The fourth-order valence-corrected chi connectivity index (χ4v) is 4.93. The molecular formula is C27H31N3O2. The van der Waals surface area contributed by atoms with Gasteiger partial charge in [-0.05, 0) is 68.4 Å². The van der Waals surface area contributed by atoms with Crippen LogP contribution in [-0.2, 0) is 6.61 Å². The van der Waals surface area contributed by atoms with Crippen LogP contribution >= 0.6 is 0 Å². The number of rotatable bonds is 6. The number of hydrogen-bond donors (Lipinski definition) is 0. The zero-order valence-electron chi connectivity index (χ0n) is 18.7. The SMILES string of the molecule is CCN1CCC2(CC1)CN(c1ccc(-n3ccc(OCc4ccccc4)cc3=O)cc1)C2. The van der Waals surface area contributed by atoms with Crippen molar-refractivity contribution in [2.24, 2.45) is 5.41 Å². The van der Waals surface area contributed by atoms with Gasteiger partial charge < -0.3 is 14.5 Å². The van der Waals surface area contributed by atoms with Gasteiger partial charge in [-0.25, -0.2) is 0 Å². The van der Waals surface area contributed by atoms with Crippen molar-refractivity contribution < 1.29 is 4.74 Å². The van der Waals surface area contributed by atoms with Crippen molar-refractivity contribution in [3.05, 3.63) is 88.8 Å². The van der Waals surface area contributed by atoms with Crippen LogP contribution in [0.15, 0.2) is 77.7 Å². The lowest BCUT2D eigenvalue weighted by molar-refractivity contribution is 0.0795. The van der Waals surface area contributed by atoms with Crippen LogP contribution in [0.4, 0.5) is 5.69 Å². The second-order valence-corrected chi connectivity index (χ2v) is 9.15. The monoisotopic (exact) mass is 429 g/mol. The summed E-state index contributed by atoms with van der Waals surface area (Å²) in [6.45, 7) is 8.64. The van der Waals surface area contributed by atoms with Crippen LogP contribution in [0.3, 0.4) is 0 Å². The Morgan fingerprint density at radius 3 is 2.25 bits per heavy atom. The molecule has 2 aromatic carbocycles. The van der Waals surface area contributed by atoms with Crippen molar-refractivity contribution in [3.8, 4) is 11.4 Å². The highest BCUT2D eigenvalue weighted by Crippen LogP contribution is 2.42. The quantitative estimate of drug-likeness (QED) is 0.584. The molecule has 0 N–H and O–H groups in total. The first-order chi connectivity index (χ1) is 15.6. The lowest BCUT2D eigenvalue weighted by atomic mass is 9.72. The Balaban J connectivity index is 1.20. The standard InChI is InChI=1S/C27H31N3O2/c1-2-28-16-13-27(14-17-28)20-29(21-27)23-8-10-24(11-9-23)30-15-12-25(18-26(30)31)32-19-22-6-4-3-5-7-22/h3-12,15,18H,2,13-14,16-17,19-21H2,1H3. The highest BCUT2D eigenvalue weighted by molar-refractivity contribution is 5.53. The third kappa shape index (κ3) is 4.30. The number of hydrogen-bond acceptors (Lipinski definition) is 4. The molecular weight excluding hydrogens is 398 g/mol. The molecule has 1 spiro atoms. The molecule has 1 aromatic heterocycles. The van der Waals surface area contributed by atoms with Gasteiger partial charge >= 0.3 is 0 Å². The molecule has 0 bridgehead atoms. The Bertz CT molecular complexity index is 1090. The van der Waals surface area contributed by atoms with Crippen LogP contribution in [0.25, 0.3) is 5.69 Å². The maximum atomic E-state index is 12.7. The van der Waals surface area contributed by atoms with E-state index in [1.807, 2.05) is 48.5 Å². The molecule has 5 nitrogen and oxygen atoms in total. The zero-order valence-corrected chi connectivity index (χ0v) is 18.7. The second-order valence-electron chi connectivity index (χ2n) is 9.15. The molecule has 166 valence electrons. The van der Waals surface area contributed by atoms with Gasteiger partial charge in [-0.3, -0.25) is 9.36 Å². The van der Waals surface area contributed by atoms with E-state index in [1.165, 1.54) is 38.2 Å². The Morgan fingerprint density at radius 1 is 0.906 bits per heavy atom. The summed E-state index contributed by atoms with van der Waals surface area (Å²) < 4.78 is 7.45. The van der Waals surface area contributed by atoms with Crippen LogP contribution in [0, 0.1) is 5.41 Å². The van der Waals surface area contributed by atoms with Crippen molar-refractivity contribution in [3.63, 3.8) is 0 Å². The largest absolute Gasteiger partial charge is 0.489 e. The van der Waals surface area contributed by atoms with Gasteiger partial charge in [0.2, 0.25) is 0 Å². The average molecular weight is 430 g/mol. The van der Waals surface area contributed by atoms with Crippen LogP contribution in [-0.4, -0.2) is 42.2 Å². The summed E-state index contributed by atoms with van der Waals surface area (Å²) >= 11 is 0. The summed E-state index contributed by atoms with van der Waals surface area (Å²) in [4.78, 5) is 17.7. The van der Waals surface area contributed by atoms with E-state index < -0.39 is 0 Å². The number of benzene rings is 2. The predicted octanol–water partition coefficient (Wildman–Crippen LogP) is 4.34. The van der Waals surface area contributed by atoms with E-state index in [2.05, 4.69) is 28.9 Å². The molecule has 2 saturated heterocycles. The maximum absolute atomic E-state index is 12.7. The van der Waals surface area contributed by atoms with E-state index >= 15 is 0 Å². The van der Waals surface area contributed by atoms with Gasteiger partial charge in [-0.1, -0.05) is 37.3 Å². The zero-order chi connectivity index (χ0) is 22.0. The fourth-order valence-electron chi connectivity index (χ4n) is 4.93. The highest BCUT2D eigenvalue weighted by Gasteiger charge is 2.44. The first kappa shape index (κ1) is 20.8. The smallest absolute Gasteiger partial charge is 0.258 e. The van der Waals surface area contributed by atoms with Gasteiger partial charge in [-0.15, -0.1) is 0 Å². The first-order valence-electron chi connectivity index (χ1n) is 11.6. The minimum Gasteiger partial charge on any atom is -0.489 e. The average Bonchev–Trinajstić information content (AvgIpc) is 2.82. The molecule has 0 radical (unpaired) electrons. The summed E-state index contributed by atoms with van der Waals surface area (Å²) in [5.41, 5.74) is 3.62. The molecule has 5 heteroatoms. The molecule has 32 heavy (non-hydrogen) atoms. The van der Waals surface area contributed by atoms with Crippen molar-refractivity contribution in [1.82, 2.24) is 9.47 Å². The number of pyridine rings is 1. The first-order valence-corrected chi connectivity index (χ1v) is 11.6. The fraction of sp³-hybridized carbons (Fsp3) is 0.370. The molecule has 2 fully saturated rings. The molecule has 3 heterocycles. The van der Waals surface area contributed by atoms with Crippen LogP contribution in [0.2, 0.25) is 0 Å². The van der Waals surface area contributed by atoms with Crippen LogP contribution < -0.4 is 15.2 Å². The lowest BCUT2D eigenvalue weighted by Crippen LogP contribution is -2.60. The molecule has 0 saturated carbocycles. The van der Waals surface area contributed by atoms with E-state index in [-0.39, 0.29) is 5.56 Å². The molecule has 5 rings (SSSR count). The number of piperidine rings is 1. The summed E-state index contributed by atoms with van der Waals surface area (Å²) in [5, 5.41) is 0. The van der Waals surface area contributed by atoms with Gasteiger partial charge in [0, 0.05) is 42.1 Å². The molecule has 0 amide bonds. The van der Waals surface area contributed by atoms with E-state index in [9.17, 15) is 4.79 Å². The van der Waals surface area contributed by atoms with Gasteiger partial charge in [0.25, 0.3) is 5.56 Å². The van der Waals surface area contributed by atoms with E-state index in [0.717, 1.165) is 24.3 Å². The minimum absolute atomic E-state index is 0.0890. The van der Waals surface area contributed by atoms with Gasteiger partial charge in [0.05, 0.1) is 0 Å². The summed E-state index contributed by atoms with van der Waals surface area (Å²) in [6, 6.07) is 21.7. The van der Waals surface area contributed by atoms with Crippen LogP contribution in [0.1, 0.15) is 25.3 Å². The molecule has 0 atom stereocenters. The number of ether oxygens (including phenoxy) is 1. The number of aromatic nitrogens is 1. The Hall–Kier alpha value is -3.05. The maximum Gasteiger partial charge on any atom is 0.258 e. The topological polar surface area (TPSA) is 37.7 Å². The predicted molar refractivity (Wildman–Crippen MR) is 129 cm³/mol. The van der Waals surface area contributed by atoms with Crippen molar-refractivity contribution >= 4 is 5.69 Å². The number of anilines is 1. The molecule has 0 aliphatic carbocycles. The Kier molecular flexibility index (Phi) is 5.75. The number of likely N-dealkylation sites (tertiary alicyclic amines) is 1. The summed E-state index contributed by atoms with van der Waals surface area (Å²) in [6.07, 6.45) is 4.41. The number of nitrogens with zero attached hydrogens (tertiary/aromatic N) is 3.